The van der Waals surface area contributed by atoms with Crippen LogP contribution >= 0.6 is 0 Å². The summed E-state index contributed by atoms with van der Waals surface area (Å²) in [6.07, 6.45) is 8.35. The molecule has 1 heteroatoms. The van der Waals surface area contributed by atoms with Crippen LogP contribution in [0.25, 0.3) is 0 Å². The van der Waals surface area contributed by atoms with Gasteiger partial charge in [-0.05, 0) is 42.4 Å². The molecule has 1 aliphatic carbocycles. The highest BCUT2D eigenvalue weighted by Crippen LogP contribution is 2.38. The summed E-state index contributed by atoms with van der Waals surface area (Å²) in [5.74, 6) is 2.71. The Hall–Kier alpha value is -0.980. The Kier molecular flexibility index (Phi) is 4.47. The molecular weight excluding hydrogens is 208 g/mol. The Morgan fingerprint density at radius 3 is 2.59 bits per heavy atom. The second kappa shape index (κ2) is 6.09. The topological polar surface area (TPSA) is 9.23 Å². The SMILES string of the molecule is CCC[C@H]1CCC[C@H](c2ccc(OC)cc2)C1. The number of hydrogen-bond acceptors (Lipinski definition) is 1. The minimum absolute atomic E-state index is 0.784. The second-order valence-corrected chi connectivity index (χ2v) is 5.29. The lowest BCUT2D eigenvalue weighted by molar-refractivity contribution is 0.304. The van der Waals surface area contributed by atoms with E-state index >= 15 is 0 Å². The third-order valence-electron chi connectivity index (χ3n) is 4.07. The highest BCUT2D eigenvalue weighted by Gasteiger charge is 2.22. The van der Waals surface area contributed by atoms with Crippen molar-refractivity contribution in [2.45, 2.75) is 51.4 Å². The summed E-state index contributed by atoms with van der Waals surface area (Å²) in [6, 6.07) is 8.69. The predicted molar refractivity (Wildman–Crippen MR) is 72.6 cm³/mol. The van der Waals surface area contributed by atoms with Gasteiger partial charge in [-0.15, -0.1) is 0 Å². The number of benzene rings is 1. The molecule has 0 aromatic heterocycles. The molecule has 2 atom stereocenters. The molecule has 1 aliphatic rings. The molecule has 0 amide bonds. The summed E-state index contributed by atoms with van der Waals surface area (Å²) in [5.41, 5.74) is 1.51. The van der Waals surface area contributed by atoms with Crippen molar-refractivity contribution >= 4 is 0 Å². The lowest BCUT2D eigenvalue weighted by Crippen LogP contribution is -2.14. The minimum Gasteiger partial charge on any atom is -0.497 e. The normalized spacial score (nSPS) is 24.6. The van der Waals surface area contributed by atoms with E-state index in [0.29, 0.717) is 0 Å². The first-order valence-electron chi connectivity index (χ1n) is 6.97. The fraction of sp³-hybridized carbons (Fsp3) is 0.625. The van der Waals surface area contributed by atoms with E-state index in [4.69, 9.17) is 4.74 Å². The van der Waals surface area contributed by atoms with E-state index in [0.717, 1.165) is 17.6 Å². The Morgan fingerprint density at radius 2 is 1.94 bits per heavy atom. The Morgan fingerprint density at radius 1 is 1.18 bits per heavy atom. The van der Waals surface area contributed by atoms with Crippen LogP contribution in [0.1, 0.15) is 56.9 Å². The van der Waals surface area contributed by atoms with Crippen LogP contribution in [0.15, 0.2) is 24.3 Å². The molecule has 0 radical (unpaired) electrons. The monoisotopic (exact) mass is 232 g/mol. The molecule has 94 valence electrons. The molecule has 0 bridgehead atoms. The predicted octanol–water partition coefficient (Wildman–Crippen LogP) is 4.77. The molecule has 0 unspecified atom stereocenters. The fourth-order valence-electron chi connectivity index (χ4n) is 3.14. The van der Waals surface area contributed by atoms with Crippen molar-refractivity contribution in [2.24, 2.45) is 5.92 Å². The van der Waals surface area contributed by atoms with Crippen LogP contribution in [0.3, 0.4) is 0 Å². The molecule has 1 nitrogen and oxygen atoms in total. The van der Waals surface area contributed by atoms with Gasteiger partial charge in [0.05, 0.1) is 7.11 Å². The summed E-state index contributed by atoms with van der Waals surface area (Å²) in [5, 5.41) is 0. The van der Waals surface area contributed by atoms with Crippen molar-refractivity contribution in [1.29, 1.82) is 0 Å². The Bertz CT molecular complexity index is 326. The summed E-state index contributed by atoms with van der Waals surface area (Å²) >= 11 is 0. The molecule has 1 aromatic rings. The molecular formula is C16H24O. The van der Waals surface area contributed by atoms with E-state index in [1.54, 1.807) is 7.11 Å². The van der Waals surface area contributed by atoms with Gasteiger partial charge in [0.25, 0.3) is 0 Å². The molecule has 1 aromatic carbocycles. The molecule has 0 saturated heterocycles. The van der Waals surface area contributed by atoms with E-state index in [9.17, 15) is 0 Å². The average molecular weight is 232 g/mol. The first-order chi connectivity index (χ1) is 8.33. The number of ether oxygens (including phenoxy) is 1. The van der Waals surface area contributed by atoms with Gasteiger partial charge in [-0.25, -0.2) is 0 Å². The van der Waals surface area contributed by atoms with E-state index in [2.05, 4.69) is 31.2 Å². The van der Waals surface area contributed by atoms with Crippen LogP contribution in [0.5, 0.6) is 5.75 Å². The first kappa shape index (κ1) is 12.5. The van der Waals surface area contributed by atoms with Crippen molar-refractivity contribution in [3.05, 3.63) is 29.8 Å². The largest absolute Gasteiger partial charge is 0.497 e. The summed E-state index contributed by atoms with van der Waals surface area (Å²) in [4.78, 5) is 0. The van der Waals surface area contributed by atoms with E-state index in [-0.39, 0.29) is 0 Å². The van der Waals surface area contributed by atoms with E-state index in [1.807, 2.05) is 0 Å². The maximum Gasteiger partial charge on any atom is 0.118 e. The van der Waals surface area contributed by atoms with Crippen LogP contribution < -0.4 is 4.74 Å². The summed E-state index contributed by atoms with van der Waals surface area (Å²) < 4.78 is 5.22. The molecule has 1 saturated carbocycles. The lowest BCUT2D eigenvalue weighted by atomic mass is 9.76. The minimum atomic E-state index is 0.784. The summed E-state index contributed by atoms with van der Waals surface area (Å²) in [7, 11) is 1.73. The lowest BCUT2D eigenvalue weighted by Gasteiger charge is -2.29. The molecule has 0 spiro atoms. The van der Waals surface area contributed by atoms with Crippen molar-refractivity contribution in [3.63, 3.8) is 0 Å². The van der Waals surface area contributed by atoms with Gasteiger partial charge in [0.1, 0.15) is 5.75 Å². The standard InChI is InChI=1S/C16H24O/c1-3-5-13-6-4-7-15(12-13)14-8-10-16(17-2)11-9-14/h8-11,13,15H,3-7,12H2,1-2H3/t13-,15-/m0/s1. The molecule has 2 rings (SSSR count). The van der Waals surface area contributed by atoms with Gasteiger partial charge in [0.2, 0.25) is 0 Å². The van der Waals surface area contributed by atoms with Gasteiger partial charge in [0, 0.05) is 0 Å². The maximum absolute atomic E-state index is 5.22. The zero-order valence-corrected chi connectivity index (χ0v) is 11.1. The van der Waals surface area contributed by atoms with E-state index < -0.39 is 0 Å². The van der Waals surface area contributed by atoms with Gasteiger partial charge in [0.15, 0.2) is 0 Å². The Balaban J connectivity index is 2.00. The van der Waals surface area contributed by atoms with Gasteiger partial charge < -0.3 is 4.74 Å². The van der Waals surface area contributed by atoms with E-state index in [1.165, 1.54) is 44.1 Å². The highest BCUT2D eigenvalue weighted by atomic mass is 16.5. The van der Waals surface area contributed by atoms with Crippen LogP contribution in [0, 0.1) is 5.92 Å². The quantitative estimate of drug-likeness (QED) is 0.726. The van der Waals surface area contributed by atoms with Gasteiger partial charge >= 0.3 is 0 Å². The molecule has 1 fully saturated rings. The van der Waals surface area contributed by atoms with Crippen LogP contribution in [-0.4, -0.2) is 7.11 Å². The molecule has 0 N–H and O–H groups in total. The number of methoxy groups -OCH3 is 1. The Labute approximate surface area is 105 Å². The van der Waals surface area contributed by atoms with Crippen LogP contribution in [0.2, 0.25) is 0 Å². The summed E-state index contributed by atoms with van der Waals surface area (Å²) in [6.45, 7) is 2.30. The molecule has 17 heavy (non-hydrogen) atoms. The van der Waals surface area contributed by atoms with Crippen molar-refractivity contribution < 1.29 is 4.74 Å². The maximum atomic E-state index is 5.22. The van der Waals surface area contributed by atoms with Crippen LogP contribution in [0.4, 0.5) is 0 Å². The number of rotatable bonds is 4. The van der Waals surface area contributed by atoms with Gasteiger partial charge in [-0.2, -0.15) is 0 Å². The smallest absolute Gasteiger partial charge is 0.118 e. The molecule has 0 aliphatic heterocycles. The first-order valence-corrected chi connectivity index (χ1v) is 6.97. The third-order valence-corrected chi connectivity index (χ3v) is 4.07. The van der Waals surface area contributed by atoms with Gasteiger partial charge in [-0.1, -0.05) is 44.7 Å². The highest BCUT2D eigenvalue weighted by molar-refractivity contribution is 5.29. The van der Waals surface area contributed by atoms with Gasteiger partial charge in [-0.3, -0.25) is 0 Å². The van der Waals surface area contributed by atoms with Crippen molar-refractivity contribution in [1.82, 2.24) is 0 Å². The second-order valence-electron chi connectivity index (χ2n) is 5.29. The zero-order chi connectivity index (χ0) is 12.1. The average Bonchev–Trinajstić information content (AvgIpc) is 2.40. The zero-order valence-electron chi connectivity index (χ0n) is 11.1. The van der Waals surface area contributed by atoms with Crippen molar-refractivity contribution in [3.8, 4) is 5.75 Å². The molecule has 0 heterocycles. The third kappa shape index (κ3) is 3.24. The number of hydrogen-bond donors (Lipinski definition) is 0. The van der Waals surface area contributed by atoms with Crippen LogP contribution in [-0.2, 0) is 0 Å². The van der Waals surface area contributed by atoms with Crippen molar-refractivity contribution in [2.75, 3.05) is 7.11 Å². The fourth-order valence-corrected chi connectivity index (χ4v) is 3.14.